The lowest BCUT2D eigenvalue weighted by molar-refractivity contribution is -0.124. The molecule has 1 aliphatic rings. The van der Waals surface area contributed by atoms with Gasteiger partial charge in [0.2, 0.25) is 5.91 Å². The van der Waals surface area contributed by atoms with Crippen LogP contribution in [0.1, 0.15) is 11.1 Å². The Balaban J connectivity index is 1.49. The fraction of sp³-hybridized carbons (Fsp3) is 0.250. The summed E-state index contributed by atoms with van der Waals surface area (Å²) < 4.78 is 0. The first-order valence-electron chi connectivity index (χ1n) is 9.92. The van der Waals surface area contributed by atoms with Crippen molar-refractivity contribution >= 4 is 17.5 Å². The highest BCUT2D eigenvalue weighted by atomic mass is 35.5. The topological polar surface area (TPSA) is 45.2 Å². The summed E-state index contributed by atoms with van der Waals surface area (Å²) >= 11 is 6.34. The lowest BCUT2D eigenvalue weighted by Gasteiger charge is -2.23. The number of pyridine rings is 1. The molecule has 2 heterocycles. The molecule has 0 aliphatic carbocycles. The van der Waals surface area contributed by atoms with Gasteiger partial charge in [-0.15, -0.1) is 0 Å². The minimum absolute atomic E-state index is 0.0934. The summed E-state index contributed by atoms with van der Waals surface area (Å²) in [6, 6.07) is 20.3. The van der Waals surface area contributed by atoms with Crippen molar-refractivity contribution < 1.29 is 4.79 Å². The Bertz CT molecular complexity index is 977. The minimum atomic E-state index is -0.0934. The van der Waals surface area contributed by atoms with Gasteiger partial charge in [-0.1, -0.05) is 60.1 Å². The normalized spacial score (nSPS) is 17.6. The predicted molar refractivity (Wildman–Crippen MR) is 117 cm³/mol. The van der Waals surface area contributed by atoms with Crippen LogP contribution in [0.3, 0.4) is 0 Å². The molecule has 29 heavy (non-hydrogen) atoms. The van der Waals surface area contributed by atoms with Crippen molar-refractivity contribution in [3.8, 4) is 11.1 Å². The number of carbonyl (C=O) groups excluding carboxylic acids is 1. The smallest absolute Gasteiger partial charge is 0.224 e. The third-order valence-electron chi connectivity index (χ3n) is 5.33. The Morgan fingerprint density at radius 3 is 2.76 bits per heavy atom. The van der Waals surface area contributed by atoms with Gasteiger partial charge in [-0.3, -0.25) is 14.7 Å². The summed E-state index contributed by atoms with van der Waals surface area (Å²) in [5, 5.41) is 3.84. The van der Waals surface area contributed by atoms with E-state index in [2.05, 4.69) is 45.5 Å². The van der Waals surface area contributed by atoms with Crippen LogP contribution in [0.2, 0.25) is 5.02 Å². The molecule has 4 rings (SSSR count). The zero-order chi connectivity index (χ0) is 20.1. The van der Waals surface area contributed by atoms with Gasteiger partial charge in [0.15, 0.2) is 0 Å². The summed E-state index contributed by atoms with van der Waals surface area (Å²) in [5.41, 5.74) is 4.46. The molecule has 1 unspecified atom stereocenters. The fourth-order valence-corrected chi connectivity index (χ4v) is 4.03. The molecule has 3 aromatic rings. The number of carbonyl (C=O) groups is 1. The van der Waals surface area contributed by atoms with Gasteiger partial charge in [-0.25, -0.2) is 0 Å². The van der Waals surface area contributed by atoms with Crippen molar-refractivity contribution in [3.63, 3.8) is 0 Å². The Kier molecular flexibility index (Phi) is 6.23. The van der Waals surface area contributed by atoms with Crippen LogP contribution in [0.15, 0.2) is 73.1 Å². The number of nitrogens with zero attached hydrogens (tertiary/aromatic N) is 2. The number of hydrogen-bond acceptors (Lipinski definition) is 3. The number of aromatic nitrogens is 1. The first-order chi connectivity index (χ1) is 14.2. The van der Waals surface area contributed by atoms with E-state index in [1.165, 1.54) is 0 Å². The van der Waals surface area contributed by atoms with Crippen molar-refractivity contribution in [2.45, 2.75) is 13.0 Å². The Morgan fingerprint density at radius 2 is 1.93 bits per heavy atom. The second-order valence-electron chi connectivity index (χ2n) is 7.46. The lowest BCUT2D eigenvalue weighted by Crippen LogP contribution is -2.33. The van der Waals surface area contributed by atoms with Gasteiger partial charge in [0.1, 0.15) is 0 Å². The van der Waals surface area contributed by atoms with Gasteiger partial charge < -0.3 is 5.32 Å². The monoisotopic (exact) mass is 405 g/mol. The number of rotatable bonds is 5. The second kappa shape index (κ2) is 9.21. The standard InChI is InChI=1S/C24H24ClN3O/c25-23-9-2-1-6-21(23)16-28-12-11-27-24(29)22(17-28)14-18-5-3-7-19(13-18)20-8-4-10-26-15-20/h1-10,13,15,22H,11-12,14,16-17H2,(H,27,29). The van der Waals surface area contributed by atoms with Gasteiger partial charge in [0.05, 0.1) is 5.92 Å². The molecule has 0 radical (unpaired) electrons. The second-order valence-corrected chi connectivity index (χ2v) is 7.87. The number of benzene rings is 2. The van der Waals surface area contributed by atoms with Crippen molar-refractivity contribution in [1.29, 1.82) is 0 Å². The third kappa shape index (κ3) is 5.03. The summed E-state index contributed by atoms with van der Waals surface area (Å²) in [4.78, 5) is 19.2. The summed E-state index contributed by atoms with van der Waals surface area (Å²) in [6.45, 7) is 2.95. The molecule has 148 valence electrons. The maximum atomic E-state index is 12.7. The van der Waals surface area contributed by atoms with Gasteiger partial charge in [-0.2, -0.15) is 0 Å². The molecule has 0 bridgehead atoms. The molecule has 0 saturated carbocycles. The van der Waals surface area contributed by atoms with E-state index >= 15 is 0 Å². The van der Waals surface area contributed by atoms with Crippen molar-refractivity contribution in [2.75, 3.05) is 19.6 Å². The number of amides is 1. The predicted octanol–water partition coefficient (Wildman–Crippen LogP) is 4.19. The quantitative estimate of drug-likeness (QED) is 0.692. The maximum absolute atomic E-state index is 12.7. The highest BCUT2D eigenvalue weighted by molar-refractivity contribution is 6.31. The van der Waals surface area contributed by atoms with E-state index in [-0.39, 0.29) is 11.8 Å². The maximum Gasteiger partial charge on any atom is 0.224 e. The van der Waals surface area contributed by atoms with Crippen molar-refractivity contribution in [3.05, 3.63) is 89.2 Å². The molecule has 1 fully saturated rings. The summed E-state index contributed by atoms with van der Waals surface area (Å²) in [6.07, 6.45) is 4.35. The summed E-state index contributed by atoms with van der Waals surface area (Å²) in [5.74, 6) is 0.0302. The van der Waals surface area contributed by atoms with Crippen LogP contribution in [-0.2, 0) is 17.8 Å². The van der Waals surface area contributed by atoms with Crippen LogP contribution in [0.4, 0.5) is 0 Å². The molecular weight excluding hydrogens is 382 g/mol. The molecule has 1 aliphatic heterocycles. The molecule has 1 atom stereocenters. The van der Waals surface area contributed by atoms with E-state index in [4.69, 9.17) is 11.6 Å². The Hall–Kier alpha value is -2.69. The van der Waals surface area contributed by atoms with E-state index in [1.807, 2.05) is 36.5 Å². The number of nitrogens with one attached hydrogen (secondary N) is 1. The molecule has 4 nitrogen and oxygen atoms in total. The van der Waals surface area contributed by atoms with Crippen molar-refractivity contribution in [1.82, 2.24) is 15.2 Å². The van der Waals surface area contributed by atoms with Crippen LogP contribution in [0, 0.1) is 5.92 Å². The molecular formula is C24H24ClN3O. The molecule has 1 N–H and O–H groups in total. The van der Waals surface area contributed by atoms with E-state index in [0.717, 1.165) is 40.4 Å². The lowest BCUT2D eigenvalue weighted by atomic mass is 9.95. The van der Waals surface area contributed by atoms with E-state index in [9.17, 15) is 4.79 Å². The van der Waals surface area contributed by atoms with Gasteiger partial charge >= 0.3 is 0 Å². The van der Waals surface area contributed by atoms with Crippen LogP contribution < -0.4 is 5.32 Å². The van der Waals surface area contributed by atoms with Crippen LogP contribution in [0.25, 0.3) is 11.1 Å². The highest BCUT2D eigenvalue weighted by Gasteiger charge is 2.25. The number of hydrogen-bond donors (Lipinski definition) is 1. The highest BCUT2D eigenvalue weighted by Crippen LogP contribution is 2.23. The van der Waals surface area contributed by atoms with Crippen LogP contribution in [-0.4, -0.2) is 35.4 Å². The third-order valence-corrected chi connectivity index (χ3v) is 5.70. The zero-order valence-corrected chi connectivity index (χ0v) is 17.0. The zero-order valence-electron chi connectivity index (χ0n) is 16.2. The minimum Gasteiger partial charge on any atom is -0.355 e. The van der Waals surface area contributed by atoms with E-state index < -0.39 is 0 Å². The molecule has 0 spiro atoms. The average molecular weight is 406 g/mol. The SMILES string of the molecule is O=C1NCCN(Cc2ccccc2Cl)CC1Cc1cccc(-c2cccnc2)c1. The first-order valence-corrected chi connectivity index (χ1v) is 10.3. The van der Waals surface area contributed by atoms with Crippen molar-refractivity contribution in [2.24, 2.45) is 5.92 Å². The molecule has 5 heteroatoms. The van der Waals surface area contributed by atoms with E-state index in [1.54, 1.807) is 6.20 Å². The van der Waals surface area contributed by atoms with Gasteiger partial charge in [0, 0.05) is 43.6 Å². The summed E-state index contributed by atoms with van der Waals surface area (Å²) in [7, 11) is 0. The molecule has 1 amide bonds. The first kappa shape index (κ1) is 19.6. The fourth-order valence-electron chi connectivity index (χ4n) is 3.83. The van der Waals surface area contributed by atoms with Crippen LogP contribution in [0.5, 0.6) is 0 Å². The molecule has 2 aromatic carbocycles. The molecule has 1 saturated heterocycles. The Labute approximate surface area is 176 Å². The van der Waals surface area contributed by atoms with Gasteiger partial charge in [0.25, 0.3) is 0 Å². The Morgan fingerprint density at radius 1 is 1.07 bits per heavy atom. The largest absolute Gasteiger partial charge is 0.355 e. The van der Waals surface area contributed by atoms with Gasteiger partial charge in [-0.05, 0) is 40.8 Å². The number of halogens is 1. The van der Waals surface area contributed by atoms with Crippen LogP contribution >= 0.6 is 11.6 Å². The van der Waals surface area contributed by atoms with E-state index in [0.29, 0.717) is 19.5 Å². The average Bonchev–Trinajstić information content (AvgIpc) is 2.92. The molecule has 1 aromatic heterocycles.